The van der Waals surface area contributed by atoms with Crippen molar-refractivity contribution in [1.29, 1.82) is 0 Å². The molecule has 2 nitrogen and oxygen atoms in total. The van der Waals surface area contributed by atoms with Gasteiger partial charge in [0.15, 0.2) is 0 Å². The number of benzene rings is 1. The van der Waals surface area contributed by atoms with E-state index in [4.69, 9.17) is 4.74 Å². The summed E-state index contributed by atoms with van der Waals surface area (Å²) in [6.07, 6.45) is 2.22. The van der Waals surface area contributed by atoms with Crippen LogP contribution < -0.4 is 4.74 Å². The predicted molar refractivity (Wildman–Crippen MR) is 73.2 cm³/mol. The van der Waals surface area contributed by atoms with Crippen LogP contribution in [0.4, 0.5) is 0 Å². The first-order chi connectivity index (χ1) is 8.72. The van der Waals surface area contributed by atoms with E-state index in [1.54, 1.807) is 11.3 Å². The van der Waals surface area contributed by atoms with Crippen LogP contribution in [-0.2, 0) is 0 Å². The van der Waals surface area contributed by atoms with Gasteiger partial charge in [-0.05, 0) is 49.6 Å². The van der Waals surface area contributed by atoms with Gasteiger partial charge in [0.2, 0.25) is 0 Å². The lowest BCUT2D eigenvalue weighted by molar-refractivity contribution is 0.224. The van der Waals surface area contributed by atoms with Gasteiger partial charge in [-0.15, -0.1) is 11.3 Å². The standard InChI is InChI=1S/C15H16O2S/c1-10-2-9-14(18-10)15(16)11-3-5-12(6-4-11)17-13-7-8-13/h2-6,9,13,15-16H,7-8H2,1H3. The Hall–Kier alpha value is -1.32. The van der Waals surface area contributed by atoms with Gasteiger partial charge >= 0.3 is 0 Å². The average Bonchev–Trinajstić information content (AvgIpc) is 3.09. The summed E-state index contributed by atoms with van der Waals surface area (Å²) in [4.78, 5) is 2.21. The third kappa shape index (κ3) is 2.57. The van der Waals surface area contributed by atoms with E-state index in [0.717, 1.165) is 16.2 Å². The molecule has 1 fully saturated rings. The Morgan fingerprint density at radius 3 is 2.44 bits per heavy atom. The molecule has 1 aliphatic rings. The van der Waals surface area contributed by atoms with Crippen LogP contribution in [0, 0.1) is 6.92 Å². The molecule has 1 heterocycles. The van der Waals surface area contributed by atoms with Crippen LogP contribution in [0.2, 0.25) is 0 Å². The average molecular weight is 260 g/mol. The van der Waals surface area contributed by atoms with Gasteiger partial charge in [-0.2, -0.15) is 0 Å². The Kier molecular flexibility index (Phi) is 3.10. The molecule has 94 valence electrons. The maximum absolute atomic E-state index is 10.3. The van der Waals surface area contributed by atoms with Gasteiger partial charge in [-0.25, -0.2) is 0 Å². The summed E-state index contributed by atoms with van der Waals surface area (Å²) in [6, 6.07) is 11.8. The zero-order chi connectivity index (χ0) is 12.5. The van der Waals surface area contributed by atoms with Crippen molar-refractivity contribution in [2.24, 2.45) is 0 Å². The second-order valence-electron chi connectivity index (χ2n) is 4.74. The lowest BCUT2D eigenvalue weighted by Crippen LogP contribution is -1.99. The van der Waals surface area contributed by atoms with E-state index in [2.05, 4.69) is 0 Å². The van der Waals surface area contributed by atoms with E-state index >= 15 is 0 Å². The molecule has 3 rings (SSSR count). The monoisotopic (exact) mass is 260 g/mol. The van der Waals surface area contributed by atoms with Crippen molar-refractivity contribution in [3.05, 3.63) is 51.7 Å². The lowest BCUT2D eigenvalue weighted by Gasteiger charge is -2.10. The summed E-state index contributed by atoms with van der Waals surface area (Å²) in [6.45, 7) is 2.05. The van der Waals surface area contributed by atoms with Crippen molar-refractivity contribution in [3.63, 3.8) is 0 Å². The third-order valence-electron chi connectivity index (χ3n) is 3.05. The van der Waals surface area contributed by atoms with Gasteiger partial charge in [-0.3, -0.25) is 0 Å². The summed E-state index contributed by atoms with van der Waals surface area (Å²) in [5.41, 5.74) is 0.917. The Morgan fingerprint density at radius 1 is 1.17 bits per heavy atom. The van der Waals surface area contributed by atoms with Gasteiger partial charge < -0.3 is 9.84 Å². The minimum atomic E-state index is -0.529. The summed E-state index contributed by atoms with van der Waals surface area (Å²) >= 11 is 1.63. The molecule has 1 unspecified atom stereocenters. The first kappa shape index (κ1) is 11.8. The van der Waals surface area contributed by atoms with E-state index in [0.29, 0.717) is 6.10 Å². The Balaban J connectivity index is 1.74. The van der Waals surface area contributed by atoms with Gasteiger partial charge in [0, 0.05) is 9.75 Å². The van der Waals surface area contributed by atoms with E-state index in [1.807, 2.05) is 43.3 Å². The fourth-order valence-electron chi connectivity index (χ4n) is 1.87. The number of ether oxygens (including phenoxy) is 1. The maximum atomic E-state index is 10.3. The third-order valence-corrected chi connectivity index (χ3v) is 4.11. The van der Waals surface area contributed by atoms with Crippen molar-refractivity contribution in [3.8, 4) is 5.75 Å². The summed E-state index contributed by atoms with van der Waals surface area (Å²) in [7, 11) is 0. The molecule has 1 aromatic carbocycles. The minimum absolute atomic E-state index is 0.417. The molecule has 18 heavy (non-hydrogen) atoms. The number of hydrogen-bond donors (Lipinski definition) is 1. The van der Waals surface area contributed by atoms with Crippen LogP contribution >= 0.6 is 11.3 Å². The first-order valence-electron chi connectivity index (χ1n) is 6.23. The number of rotatable bonds is 4. The molecule has 0 amide bonds. The van der Waals surface area contributed by atoms with Crippen LogP contribution in [0.3, 0.4) is 0 Å². The van der Waals surface area contributed by atoms with Crippen molar-refractivity contribution >= 4 is 11.3 Å². The maximum Gasteiger partial charge on any atom is 0.119 e. The fourth-order valence-corrected chi connectivity index (χ4v) is 2.76. The molecule has 3 heteroatoms. The van der Waals surface area contributed by atoms with E-state index in [-0.39, 0.29) is 0 Å². The summed E-state index contributed by atoms with van der Waals surface area (Å²) in [5, 5.41) is 10.3. The molecule has 0 saturated heterocycles. The highest BCUT2D eigenvalue weighted by Gasteiger charge is 2.23. The number of thiophene rings is 1. The van der Waals surface area contributed by atoms with Gasteiger partial charge in [0.1, 0.15) is 11.9 Å². The van der Waals surface area contributed by atoms with Gasteiger partial charge in [-0.1, -0.05) is 12.1 Å². The van der Waals surface area contributed by atoms with Crippen LogP contribution in [-0.4, -0.2) is 11.2 Å². The molecule has 2 aromatic rings. The molecule has 0 aliphatic heterocycles. The highest BCUT2D eigenvalue weighted by Crippen LogP contribution is 2.31. The minimum Gasteiger partial charge on any atom is -0.490 e. The molecule has 0 bridgehead atoms. The number of hydrogen-bond acceptors (Lipinski definition) is 3. The fraction of sp³-hybridized carbons (Fsp3) is 0.333. The number of aryl methyl sites for hydroxylation is 1. The smallest absolute Gasteiger partial charge is 0.119 e. The van der Waals surface area contributed by atoms with Crippen LogP contribution in [0.5, 0.6) is 5.75 Å². The molecule has 0 radical (unpaired) electrons. The quantitative estimate of drug-likeness (QED) is 0.908. The van der Waals surface area contributed by atoms with E-state index in [1.165, 1.54) is 17.7 Å². The second-order valence-corrected chi connectivity index (χ2v) is 6.06. The zero-order valence-electron chi connectivity index (χ0n) is 10.3. The molecule has 1 aliphatic carbocycles. The van der Waals surface area contributed by atoms with Crippen LogP contribution in [0.1, 0.15) is 34.3 Å². The lowest BCUT2D eigenvalue weighted by atomic mass is 10.1. The number of aliphatic hydroxyl groups is 1. The normalized spacial score (nSPS) is 16.6. The predicted octanol–water partition coefficient (Wildman–Crippen LogP) is 3.68. The highest BCUT2D eigenvalue weighted by atomic mass is 32.1. The summed E-state index contributed by atoms with van der Waals surface area (Å²) < 4.78 is 5.69. The van der Waals surface area contributed by atoms with Crippen molar-refractivity contribution < 1.29 is 9.84 Å². The van der Waals surface area contributed by atoms with Crippen LogP contribution in [0.25, 0.3) is 0 Å². The SMILES string of the molecule is Cc1ccc(C(O)c2ccc(OC3CC3)cc2)s1. The van der Waals surface area contributed by atoms with E-state index in [9.17, 15) is 5.11 Å². The molecule has 1 aromatic heterocycles. The molecule has 0 spiro atoms. The molecule has 1 saturated carbocycles. The Bertz CT molecular complexity index is 526. The number of aliphatic hydroxyl groups excluding tert-OH is 1. The van der Waals surface area contributed by atoms with Crippen molar-refractivity contribution in [1.82, 2.24) is 0 Å². The molecular formula is C15H16O2S. The van der Waals surface area contributed by atoms with Crippen molar-refractivity contribution in [2.75, 3.05) is 0 Å². The topological polar surface area (TPSA) is 29.5 Å². The van der Waals surface area contributed by atoms with Crippen molar-refractivity contribution in [2.45, 2.75) is 32.0 Å². The van der Waals surface area contributed by atoms with Crippen LogP contribution in [0.15, 0.2) is 36.4 Å². The molecular weight excluding hydrogens is 244 g/mol. The largest absolute Gasteiger partial charge is 0.490 e. The molecule has 1 N–H and O–H groups in total. The summed E-state index contributed by atoms with van der Waals surface area (Å²) in [5.74, 6) is 0.899. The zero-order valence-corrected chi connectivity index (χ0v) is 11.1. The second kappa shape index (κ2) is 4.75. The Morgan fingerprint density at radius 2 is 1.89 bits per heavy atom. The molecule has 1 atom stereocenters. The van der Waals surface area contributed by atoms with Gasteiger partial charge in [0.05, 0.1) is 6.10 Å². The Labute approximate surface area is 111 Å². The first-order valence-corrected chi connectivity index (χ1v) is 7.05. The van der Waals surface area contributed by atoms with Gasteiger partial charge in [0.25, 0.3) is 0 Å². The van der Waals surface area contributed by atoms with E-state index < -0.39 is 6.10 Å². The highest BCUT2D eigenvalue weighted by molar-refractivity contribution is 7.12.